The molecule has 0 saturated heterocycles. The van der Waals surface area contributed by atoms with Crippen molar-refractivity contribution < 1.29 is 4.39 Å². The third-order valence-corrected chi connectivity index (χ3v) is 4.07. The van der Waals surface area contributed by atoms with Gasteiger partial charge in [-0.05, 0) is 57.8 Å². The fourth-order valence-corrected chi connectivity index (χ4v) is 2.88. The average Bonchev–Trinajstić information content (AvgIpc) is 2.42. The molecule has 19 heavy (non-hydrogen) atoms. The highest BCUT2D eigenvalue weighted by atomic mass is 127. The second-order valence-corrected chi connectivity index (χ2v) is 5.53. The Bertz CT molecular complexity index is 572. The minimum Gasteiger partial charge on any atom is -0.271 e. The Kier molecular flexibility index (Phi) is 4.90. The first-order chi connectivity index (χ1) is 9.15. The monoisotopic (exact) mass is 370 g/mol. The van der Waals surface area contributed by atoms with E-state index in [-0.39, 0.29) is 11.9 Å². The SMILES string of the molecule is CCc1cccc(C(NN)c2ccc(F)cc2I)c1. The maximum atomic E-state index is 13.2. The number of nitrogens with one attached hydrogen (secondary N) is 1. The summed E-state index contributed by atoms with van der Waals surface area (Å²) in [6.45, 7) is 2.12. The summed E-state index contributed by atoms with van der Waals surface area (Å²) in [5.74, 6) is 5.46. The second-order valence-electron chi connectivity index (χ2n) is 4.36. The molecule has 2 aromatic carbocycles. The second kappa shape index (κ2) is 6.45. The Morgan fingerprint density at radius 1 is 1.26 bits per heavy atom. The number of nitrogens with two attached hydrogens (primary N) is 1. The average molecular weight is 370 g/mol. The third-order valence-electron chi connectivity index (χ3n) is 3.13. The van der Waals surface area contributed by atoms with E-state index in [1.807, 2.05) is 12.1 Å². The van der Waals surface area contributed by atoms with Crippen LogP contribution in [0.4, 0.5) is 4.39 Å². The van der Waals surface area contributed by atoms with Gasteiger partial charge in [-0.2, -0.15) is 0 Å². The summed E-state index contributed by atoms with van der Waals surface area (Å²) in [6, 6.07) is 12.9. The lowest BCUT2D eigenvalue weighted by atomic mass is 9.97. The number of halogens is 2. The van der Waals surface area contributed by atoms with Crippen LogP contribution in [0.2, 0.25) is 0 Å². The molecule has 2 rings (SSSR count). The van der Waals surface area contributed by atoms with Crippen molar-refractivity contribution >= 4 is 22.6 Å². The van der Waals surface area contributed by atoms with E-state index >= 15 is 0 Å². The molecular weight excluding hydrogens is 354 g/mol. The normalized spacial score (nSPS) is 12.4. The molecule has 0 heterocycles. The number of aryl methyl sites for hydroxylation is 1. The Morgan fingerprint density at radius 2 is 2.05 bits per heavy atom. The van der Waals surface area contributed by atoms with Gasteiger partial charge in [0.25, 0.3) is 0 Å². The van der Waals surface area contributed by atoms with E-state index in [2.05, 4.69) is 47.1 Å². The molecule has 0 aromatic heterocycles. The predicted octanol–water partition coefficient (Wildman–Crippen LogP) is 3.55. The van der Waals surface area contributed by atoms with Gasteiger partial charge in [0.05, 0.1) is 6.04 Å². The number of hydrazine groups is 1. The summed E-state index contributed by atoms with van der Waals surface area (Å²) in [5, 5.41) is 0. The Hall–Kier alpha value is -0.980. The molecule has 0 radical (unpaired) electrons. The minimum atomic E-state index is -0.230. The molecule has 1 unspecified atom stereocenters. The highest BCUT2D eigenvalue weighted by Crippen LogP contribution is 2.27. The molecule has 2 aromatic rings. The van der Waals surface area contributed by atoms with Crippen molar-refractivity contribution in [2.24, 2.45) is 5.84 Å². The van der Waals surface area contributed by atoms with Crippen LogP contribution < -0.4 is 11.3 Å². The number of hydrogen-bond donors (Lipinski definition) is 2. The van der Waals surface area contributed by atoms with E-state index in [0.29, 0.717) is 0 Å². The number of benzene rings is 2. The summed E-state index contributed by atoms with van der Waals surface area (Å²) < 4.78 is 14.0. The number of rotatable bonds is 4. The molecule has 100 valence electrons. The first kappa shape index (κ1) is 14.4. The van der Waals surface area contributed by atoms with Crippen LogP contribution in [0.25, 0.3) is 0 Å². The van der Waals surface area contributed by atoms with Crippen LogP contribution in [0, 0.1) is 9.39 Å². The summed E-state index contributed by atoms with van der Waals surface area (Å²) in [4.78, 5) is 0. The lowest BCUT2D eigenvalue weighted by Gasteiger charge is -2.19. The van der Waals surface area contributed by atoms with Gasteiger partial charge in [0, 0.05) is 3.57 Å². The smallest absolute Gasteiger partial charge is 0.124 e. The first-order valence-corrected chi connectivity index (χ1v) is 7.23. The van der Waals surface area contributed by atoms with Gasteiger partial charge in [0.15, 0.2) is 0 Å². The van der Waals surface area contributed by atoms with E-state index in [0.717, 1.165) is 21.1 Å². The fraction of sp³-hybridized carbons (Fsp3) is 0.200. The van der Waals surface area contributed by atoms with Crippen molar-refractivity contribution in [3.05, 3.63) is 68.5 Å². The van der Waals surface area contributed by atoms with Crippen LogP contribution in [0.3, 0.4) is 0 Å². The Balaban J connectivity index is 2.43. The largest absolute Gasteiger partial charge is 0.271 e. The number of hydrogen-bond acceptors (Lipinski definition) is 2. The molecule has 0 fully saturated rings. The van der Waals surface area contributed by atoms with Crippen LogP contribution >= 0.6 is 22.6 Å². The molecule has 0 saturated carbocycles. The van der Waals surface area contributed by atoms with Gasteiger partial charge in [0.1, 0.15) is 5.82 Å². The van der Waals surface area contributed by atoms with Crippen molar-refractivity contribution in [2.75, 3.05) is 0 Å². The molecule has 0 spiro atoms. The topological polar surface area (TPSA) is 38.0 Å². The standard InChI is InChI=1S/C15H16FIN2/c1-2-10-4-3-5-11(8-10)15(19-18)13-7-6-12(16)9-14(13)17/h3-9,15,19H,2,18H2,1H3. The van der Waals surface area contributed by atoms with Gasteiger partial charge in [-0.3, -0.25) is 5.84 Å². The van der Waals surface area contributed by atoms with Crippen molar-refractivity contribution in [1.29, 1.82) is 0 Å². The van der Waals surface area contributed by atoms with E-state index in [1.54, 1.807) is 6.07 Å². The van der Waals surface area contributed by atoms with Gasteiger partial charge in [-0.15, -0.1) is 0 Å². The van der Waals surface area contributed by atoms with Crippen LogP contribution in [0.5, 0.6) is 0 Å². The van der Waals surface area contributed by atoms with Crippen LogP contribution in [-0.4, -0.2) is 0 Å². The molecule has 2 nitrogen and oxygen atoms in total. The van der Waals surface area contributed by atoms with Crippen molar-refractivity contribution in [3.8, 4) is 0 Å². The molecule has 4 heteroatoms. The van der Waals surface area contributed by atoms with Gasteiger partial charge in [0.2, 0.25) is 0 Å². The van der Waals surface area contributed by atoms with E-state index < -0.39 is 0 Å². The molecule has 3 N–H and O–H groups in total. The van der Waals surface area contributed by atoms with Gasteiger partial charge in [-0.1, -0.05) is 37.3 Å². The molecule has 0 amide bonds. The zero-order valence-corrected chi connectivity index (χ0v) is 12.8. The summed E-state index contributed by atoms with van der Waals surface area (Å²) >= 11 is 2.13. The lowest BCUT2D eigenvalue weighted by Crippen LogP contribution is -2.29. The highest BCUT2D eigenvalue weighted by Gasteiger charge is 2.15. The predicted molar refractivity (Wildman–Crippen MR) is 84.1 cm³/mol. The van der Waals surface area contributed by atoms with Gasteiger partial charge >= 0.3 is 0 Å². The van der Waals surface area contributed by atoms with Gasteiger partial charge in [-0.25, -0.2) is 9.82 Å². The van der Waals surface area contributed by atoms with Crippen LogP contribution in [0.1, 0.15) is 29.7 Å². The maximum Gasteiger partial charge on any atom is 0.124 e. The molecule has 0 aliphatic heterocycles. The Labute approximate surface area is 126 Å². The van der Waals surface area contributed by atoms with Gasteiger partial charge < -0.3 is 0 Å². The molecule has 1 atom stereocenters. The van der Waals surface area contributed by atoms with Crippen molar-refractivity contribution in [2.45, 2.75) is 19.4 Å². The summed E-state index contributed by atoms with van der Waals surface area (Å²) in [5.41, 5.74) is 6.15. The molecule has 0 aliphatic rings. The molecule has 0 aliphatic carbocycles. The zero-order valence-electron chi connectivity index (χ0n) is 10.7. The Morgan fingerprint density at radius 3 is 2.68 bits per heavy atom. The minimum absolute atomic E-state index is 0.126. The lowest BCUT2D eigenvalue weighted by molar-refractivity contribution is 0.612. The zero-order chi connectivity index (χ0) is 13.8. The third kappa shape index (κ3) is 3.32. The summed E-state index contributed by atoms with van der Waals surface area (Å²) in [7, 11) is 0. The van der Waals surface area contributed by atoms with E-state index in [4.69, 9.17) is 5.84 Å². The van der Waals surface area contributed by atoms with Crippen LogP contribution in [-0.2, 0) is 6.42 Å². The summed E-state index contributed by atoms with van der Waals surface area (Å²) in [6.07, 6.45) is 0.978. The molecule has 0 bridgehead atoms. The van der Waals surface area contributed by atoms with Crippen LogP contribution in [0.15, 0.2) is 42.5 Å². The highest BCUT2D eigenvalue weighted by molar-refractivity contribution is 14.1. The van der Waals surface area contributed by atoms with E-state index in [1.165, 1.54) is 17.7 Å². The maximum absolute atomic E-state index is 13.2. The fourth-order valence-electron chi connectivity index (χ4n) is 2.09. The molecular formula is C15H16FIN2. The quantitative estimate of drug-likeness (QED) is 0.491. The van der Waals surface area contributed by atoms with Crippen molar-refractivity contribution in [1.82, 2.24) is 5.43 Å². The van der Waals surface area contributed by atoms with E-state index in [9.17, 15) is 4.39 Å². The first-order valence-electron chi connectivity index (χ1n) is 6.15. The van der Waals surface area contributed by atoms with Crippen molar-refractivity contribution in [3.63, 3.8) is 0 Å².